The quantitative estimate of drug-likeness (QED) is 0.392. The topological polar surface area (TPSA) is 32.7 Å². The summed E-state index contributed by atoms with van der Waals surface area (Å²) in [5.41, 5.74) is -0.601. The Morgan fingerprint density at radius 1 is 1.31 bits per heavy atom. The average molecular weight is 288 g/mol. The second-order valence-electron chi connectivity index (χ2n) is 5.35. The molecule has 0 unspecified atom stereocenters. The molecule has 0 amide bonds. The minimum atomic E-state index is -0.301. The van der Waals surface area contributed by atoms with Gasteiger partial charge in [0, 0.05) is 23.9 Å². The van der Waals surface area contributed by atoms with E-state index in [9.17, 15) is 5.21 Å². The molecule has 88 valence electrons. The van der Waals surface area contributed by atoms with Gasteiger partial charge in [-0.15, -0.1) is 0 Å². The van der Waals surface area contributed by atoms with Crippen molar-refractivity contribution in [3.05, 3.63) is 0 Å². The van der Waals surface area contributed by atoms with Crippen LogP contribution in [0.1, 0.15) is 40.5 Å². The predicted molar refractivity (Wildman–Crippen MR) is 67.5 cm³/mol. The number of hydrogen-bond acceptors (Lipinski definition) is 4. The second-order valence-corrected chi connectivity index (χ2v) is 6.43. The van der Waals surface area contributed by atoms with Crippen molar-refractivity contribution >= 4 is 29.2 Å². The predicted octanol–water partition coefficient (Wildman–Crippen LogP) is -0.367. The van der Waals surface area contributed by atoms with Crippen molar-refractivity contribution in [2.24, 2.45) is 0 Å². The van der Waals surface area contributed by atoms with Gasteiger partial charge in [0.1, 0.15) is 6.10 Å². The Hall–Kier alpha value is 1.80. The number of hydroxylamine groups is 2. The van der Waals surface area contributed by atoms with E-state index in [1.165, 1.54) is 5.06 Å². The van der Waals surface area contributed by atoms with Gasteiger partial charge < -0.3 is 9.94 Å². The molecule has 1 fully saturated rings. The zero-order valence-electron chi connectivity index (χ0n) is 10.6. The van der Waals surface area contributed by atoms with Crippen LogP contribution in [0.15, 0.2) is 0 Å². The third-order valence-corrected chi connectivity index (χ3v) is 3.07. The average Bonchev–Trinajstić information content (AvgIpc) is 1.97. The fourth-order valence-electron chi connectivity index (χ4n) is 2.40. The van der Waals surface area contributed by atoms with Crippen LogP contribution in [0.25, 0.3) is 0 Å². The molecule has 1 aliphatic heterocycles. The number of rotatable bonds is 1. The first-order chi connectivity index (χ1) is 6.65. The normalized spacial score (nSPS) is 24.6. The molecule has 0 aliphatic carbocycles. The van der Waals surface area contributed by atoms with Gasteiger partial charge in [0.05, 0.1) is 0 Å². The molecule has 1 saturated heterocycles. The van der Waals surface area contributed by atoms with Gasteiger partial charge >= 0.3 is 51.4 Å². The van der Waals surface area contributed by atoms with Crippen LogP contribution in [-0.4, -0.2) is 31.8 Å². The molecular weight excluding hydrogens is 269 g/mol. The molecule has 3 nitrogen and oxygen atoms in total. The van der Waals surface area contributed by atoms with Gasteiger partial charge in [0.2, 0.25) is 4.38 Å². The van der Waals surface area contributed by atoms with Gasteiger partial charge in [-0.3, -0.25) is 0 Å². The molecule has 16 heavy (non-hydrogen) atoms. The van der Waals surface area contributed by atoms with Crippen LogP contribution < -0.4 is 51.4 Å². The molecule has 0 aromatic rings. The van der Waals surface area contributed by atoms with Gasteiger partial charge in [-0.1, -0.05) is 12.6 Å². The Labute approximate surface area is 151 Å². The fourth-order valence-corrected chi connectivity index (χ4v) is 2.69. The zero-order valence-corrected chi connectivity index (χ0v) is 15.5. The van der Waals surface area contributed by atoms with Crippen molar-refractivity contribution in [1.29, 1.82) is 0 Å². The summed E-state index contributed by atoms with van der Waals surface area (Å²) >= 11 is 8.80. The van der Waals surface area contributed by atoms with E-state index in [1.54, 1.807) is 0 Å². The minimum Gasteiger partial charge on any atom is -0.475 e. The maximum atomic E-state index is 10.0. The molecule has 6 heteroatoms. The number of thiocarbonyl (C=S) groups is 1. The van der Waals surface area contributed by atoms with Crippen LogP contribution in [0.4, 0.5) is 0 Å². The molecule has 1 aliphatic rings. The largest absolute Gasteiger partial charge is 1.00 e. The molecule has 0 spiro atoms. The van der Waals surface area contributed by atoms with Gasteiger partial charge in [-0.05, 0) is 39.9 Å². The van der Waals surface area contributed by atoms with Crippen molar-refractivity contribution in [2.45, 2.75) is 57.7 Å². The Bertz CT molecular complexity index is 254. The number of nitrogens with zero attached hydrogens (tertiary/aromatic N) is 1. The SMILES string of the molecule is CC1(C)CC(OC(=S)S)CC(C)(C)N1O.[K+]. The van der Waals surface area contributed by atoms with Crippen LogP contribution in [0, 0.1) is 0 Å². The number of hydrogen-bond donors (Lipinski definition) is 2. The first-order valence-corrected chi connectivity index (χ1v) is 5.89. The maximum absolute atomic E-state index is 10.0. The zero-order chi connectivity index (χ0) is 11.9. The van der Waals surface area contributed by atoms with E-state index < -0.39 is 0 Å². The molecule has 1 rings (SSSR count). The third-order valence-electron chi connectivity index (χ3n) is 2.87. The van der Waals surface area contributed by atoms with Crippen LogP contribution >= 0.6 is 24.8 Å². The molecule has 0 bridgehead atoms. The van der Waals surface area contributed by atoms with Crippen LogP contribution in [0.2, 0.25) is 0 Å². The molecule has 0 radical (unpaired) electrons. The molecule has 0 aromatic carbocycles. The molecule has 0 aromatic heterocycles. The summed E-state index contributed by atoms with van der Waals surface area (Å²) < 4.78 is 5.74. The number of piperidine rings is 1. The van der Waals surface area contributed by atoms with E-state index in [0.29, 0.717) is 0 Å². The van der Waals surface area contributed by atoms with Crippen LogP contribution in [0.3, 0.4) is 0 Å². The van der Waals surface area contributed by atoms with Gasteiger partial charge in [-0.25, -0.2) is 0 Å². The summed E-state index contributed by atoms with van der Waals surface area (Å²) in [6.45, 7) is 7.97. The summed E-state index contributed by atoms with van der Waals surface area (Å²) in [6.07, 6.45) is 1.52. The first kappa shape index (κ1) is 17.8. The summed E-state index contributed by atoms with van der Waals surface area (Å²) in [6, 6.07) is 0. The van der Waals surface area contributed by atoms with Crippen LogP contribution in [-0.2, 0) is 4.74 Å². The van der Waals surface area contributed by atoms with Gasteiger partial charge in [0.15, 0.2) is 0 Å². The Morgan fingerprint density at radius 3 is 2.00 bits per heavy atom. The van der Waals surface area contributed by atoms with Crippen molar-refractivity contribution in [1.82, 2.24) is 5.06 Å². The van der Waals surface area contributed by atoms with E-state index in [2.05, 4.69) is 12.6 Å². The van der Waals surface area contributed by atoms with Crippen LogP contribution in [0.5, 0.6) is 0 Å². The fraction of sp³-hybridized carbons (Fsp3) is 0.900. The van der Waals surface area contributed by atoms with E-state index in [0.717, 1.165) is 12.8 Å². The second kappa shape index (κ2) is 6.30. The van der Waals surface area contributed by atoms with Crippen molar-refractivity contribution < 1.29 is 61.3 Å². The standard InChI is InChI=1S/C10H19NO2S2.K/c1-9(2)5-7(13-8(14)15)6-10(3,4)11(9)12;/h7,12H,5-6H2,1-4H3,(H,14,15);/q;+1. The number of thiol groups is 1. The van der Waals surface area contributed by atoms with Crippen molar-refractivity contribution in [3.63, 3.8) is 0 Å². The number of ether oxygens (including phenoxy) is 1. The maximum Gasteiger partial charge on any atom is 1.00 e. The van der Waals surface area contributed by atoms with Gasteiger partial charge in [0.25, 0.3) is 0 Å². The minimum absolute atomic E-state index is 0. The first-order valence-electron chi connectivity index (χ1n) is 5.04. The van der Waals surface area contributed by atoms with E-state index in [-0.39, 0.29) is 72.9 Å². The molecule has 0 atom stereocenters. The van der Waals surface area contributed by atoms with E-state index >= 15 is 0 Å². The summed E-state index contributed by atoms with van der Waals surface area (Å²) in [7, 11) is 0. The summed E-state index contributed by atoms with van der Waals surface area (Å²) in [4.78, 5) is 0. The molecule has 1 heterocycles. The summed E-state index contributed by atoms with van der Waals surface area (Å²) in [5, 5.41) is 11.5. The monoisotopic (exact) mass is 288 g/mol. The third kappa shape index (κ3) is 4.48. The molecule has 1 N–H and O–H groups in total. The Balaban J connectivity index is 0.00000225. The van der Waals surface area contributed by atoms with Crippen molar-refractivity contribution in [3.8, 4) is 0 Å². The molecule has 0 saturated carbocycles. The van der Waals surface area contributed by atoms with Crippen molar-refractivity contribution in [2.75, 3.05) is 0 Å². The van der Waals surface area contributed by atoms with Gasteiger partial charge in [-0.2, -0.15) is 5.06 Å². The smallest absolute Gasteiger partial charge is 0.475 e. The summed E-state index contributed by atoms with van der Waals surface area (Å²) in [5.74, 6) is 0. The van der Waals surface area contributed by atoms with E-state index in [4.69, 9.17) is 17.0 Å². The van der Waals surface area contributed by atoms with E-state index in [1.807, 2.05) is 27.7 Å². The molecular formula is C10H19KNO2S2+. The Morgan fingerprint density at radius 2 is 1.69 bits per heavy atom. The Kier molecular flexibility index (Phi) is 7.01.